The van der Waals surface area contributed by atoms with E-state index in [0.29, 0.717) is 12.5 Å². The topological polar surface area (TPSA) is 12.0 Å². The number of nitrogens with one attached hydrogen (secondary N) is 1. The van der Waals surface area contributed by atoms with Gasteiger partial charge in [-0.2, -0.15) is 0 Å². The van der Waals surface area contributed by atoms with Crippen LogP contribution in [-0.4, -0.2) is 12.2 Å². The van der Waals surface area contributed by atoms with Crippen LogP contribution in [0.1, 0.15) is 46.0 Å². The summed E-state index contributed by atoms with van der Waals surface area (Å²) in [5.41, 5.74) is 0. The smallest absolute Gasteiger partial charge is 0.102 e. The minimum Gasteiger partial charge on any atom is -0.389 e. The van der Waals surface area contributed by atoms with Gasteiger partial charge >= 0.3 is 0 Å². The molecule has 0 amide bonds. The lowest BCUT2D eigenvalue weighted by atomic mass is 9.94. The molecular formula is C11H22FN. The van der Waals surface area contributed by atoms with E-state index in [2.05, 4.69) is 25.7 Å². The van der Waals surface area contributed by atoms with Crippen molar-refractivity contribution in [1.82, 2.24) is 5.32 Å². The molecule has 2 atom stereocenters. The van der Waals surface area contributed by atoms with E-state index in [1.165, 1.54) is 6.42 Å². The first-order valence-corrected chi connectivity index (χ1v) is 5.25. The monoisotopic (exact) mass is 187 g/mol. The number of halogens is 1. The summed E-state index contributed by atoms with van der Waals surface area (Å²) in [6, 6.07) is 0.334. The van der Waals surface area contributed by atoms with Gasteiger partial charge in [-0.25, -0.2) is 4.39 Å². The summed E-state index contributed by atoms with van der Waals surface area (Å²) in [4.78, 5) is 0. The van der Waals surface area contributed by atoms with Crippen molar-refractivity contribution >= 4 is 0 Å². The highest BCUT2D eigenvalue weighted by Gasteiger charge is 2.19. The van der Waals surface area contributed by atoms with Crippen molar-refractivity contribution in [2.24, 2.45) is 0 Å². The maximum atomic E-state index is 12.7. The Morgan fingerprint density at radius 2 is 2.08 bits per heavy atom. The van der Waals surface area contributed by atoms with E-state index in [-0.39, 0.29) is 0 Å². The Morgan fingerprint density at radius 3 is 2.54 bits per heavy atom. The molecule has 1 nitrogen and oxygen atoms in total. The third-order valence-corrected chi connectivity index (χ3v) is 1.96. The van der Waals surface area contributed by atoms with Crippen molar-refractivity contribution in [2.45, 2.75) is 58.2 Å². The molecule has 0 aliphatic heterocycles. The zero-order valence-corrected chi connectivity index (χ0v) is 8.85. The fourth-order valence-electron chi connectivity index (χ4n) is 1.45. The Labute approximate surface area is 81.4 Å². The predicted molar refractivity (Wildman–Crippen MR) is 56.4 cm³/mol. The molecule has 0 saturated heterocycles. The van der Waals surface area contributed by atoms with Gasteiger partial charge in [-0.3, -0.25) is 0 Å². The lowest BCUT2D eigenvalue weighted by molar-refractivity contribution is 0.221. The summed E-state index contributed by atoms with van der Waals surface area (Å²) in [6.07, 6.45) is 5.81. The van der Waals surface area contributed by atoms with Crippen LogP contribution in [0.2, 0.25) is 0 Å². The quantitative estimate of drug-likeness (QED) is 0.698. The first-order chi connectivity index (χ1) is 6.24. The molecule has 2 unspecified atom stereocenters. The van der Waals surface area contributed by atoms with E-state index < -0.39 is 6.17 Å². The first kappa shape index (κ1) is 12.5. The molecule has 78 valence electrons. The minimum atomic E-state index is -0.591. The Hall–Kier alpha value is -0.530. The molecule has 0 bridgehead atoms. The summed E-state index contributed by atoms with van der Waals surface area (Å²) in [5, 5.41) is 3.04. The van der Waals surface area contributed by atoms with Crippen molar-refractivity contribution in [3.8, 4) is 0 Å². The maximum absolute atomic E-state index is 12.7. The number of hydrogen-bond donors (Lipinski definition) is 1. The molecule has 0 spiro atoms. The van der Waals surface area contributed by atoms with Gasteiger partial charge in [0.05, 0.1) is 0 Å². The van der Waals surface area contributed by atoms with Crippen molar-refractivity contribution in [3.63, 3.8) is 0 Å². The van der Waals surface area contributed by atoms with Gasteiger partial charge in [-0.05, 0) is 31.9 Å². The highest BCUT2D eigenvalue weighted by Crippen LogP contribution is 2.20. The van der Waals surface area contributed by atoms with Crippen LogP contribution in [0, 0.1) is 0 Å². The van der Waals surface area contributed by atoms with E-state index in [1.807, 2.05) is 0 Å². The molecule has 1 aliphatic rings. The Kier molecular flexibility index (Phi) is 7.76. The van der Waals surface area contributed by atoms with Crippen LogP contribution in [0.3, 0.4) is 0 Å². The van der Waals surface area contributed by atoms with Crippen molar-refractivity contribution < 1.29 is 4.39 Å². The van der Waals surface area contributed by atoms with Gasteiger partial charge in [0.1, 0.15) is 6.17 Å². The second-order valence-electron chi connectivity index (χ2n) is 3.54. The molecule has 0 aromatic carbocycles. The Morgan fingerprint density at radius 1 is 1.46 bits per heavy atom. The molecule has 1 saturated carbocycles. The molecule has 1 N–H and O–H groups in total. The molecule has 1 rings (SSSR count). The molecule has 0 aromatic heterocycles. The van der Waals surface area contributed by atoms with Crippen LogP contribution in [0.25, 0.3) is 0 Å². The van der Waals surface area contributed by atoms with E-state index in [4.69, 9.17) is 0 Å². The van der Waals surface area contributed by atoms with E-state index in [1.54, 1.807) is 6.20 Å². The zero-order chi connectivity index (χ0) is 10.1. The van der Waals surface area contributed by atoms with Crippen LogP contribution in [0.5, 0.6) is 0 Å². The summed E-state index contributed by atoms with van der Waals surface area (Å²) >= 11 is 0. The van der Waals surface area contributed by atoms with Crippen LogP contribution >= 0.6 is 0 Å². The third-order valence-electron chi connectivity index (χ3n) is 1.96. The molecule has 2 heteroatoms. The van der Waals surface area contributed by atoms with Crippen LogP contribution in [0.4, 0.5) is 4.39 Å². The first-order valence-electron chi connectivity index (χ1n) is 5.25. The van der Waals surface area contributed by atoms with Crippen LogP contribution in [-0.2, 0) is 0 Å². The van der Waals surface area contributed by atoms with Gasteiger partial charge in [-0.1, -0.05) is 26.8 Å². The molecule has 0 radical (unpaired) electrons. The normalized spacial score (nSPS) is 27.0. The second kappa shape index (κ2) is 8.09. The van der Waals surface area contributed by atoms with Gasteiger partial charge in [0.2, 0.25) is 0 Å². The Balaban J connectivity index is 0.000000424. The van der Waals surface area contributed by atoms with Crippen LogP contribution < -0.4 is 5.32 Å². The maximum Gasteiger partial charge on any atom is 0.102 e. The van der Waals surface area contributed by atoms with E-state index >= 15 is 0 Å². The average Bonchev–Trinajstić information content (AvgIpc) is 2.06. The fraction of sp³-hybridized carbons (Fsp3) is 0.818. The number of hydrogen-bond acceptors (Lipinski definition) is 1. The Bertz CT molecular complexity index is 125. The van der Waals surface area contributed by atoms with Gasteiger partial charge in [-0.15, -0.1) is 0 Å². The average molecular weight is 187 g/mol. The lowest BCUT2D eigenvalue weighted by Gasteiger charge is -2.24. The third kappa shape index (κ3) is 6.62. The van der Waals surface area contributed by atoms with Gasteiger partial charge in [0.15, 0.2) is 0 Å². The molecule has 1 fully saturated rings. The van der Waals surface area contributed by atoms with Crippen LogP contribution in [0.15, 0.2) is 12.8 Å². The molecule has 0 heterocycles. The molecule has 13 heavy (non-hydrogen) atoms. The standard InChI is InChI=1S/C8H14FN.C3H8/c1-2-10-8-5-3-4-7(9)6-8;1-3-2/h2,7-8,10H,1,3-6H2;3H2,1-2H3. The summed E-state index contributed by atoms with van der Waals surface area (Å²) in [7, 11) is 0. The summed E-state index contributed by atoms with van der Waals surface area (Å²) in [5.74, 6) is 0. The SMILES string of the molecule is C=CNC1CCCC(F)C1.CCC. The fourth-order valence-corrected chi connectivity index (χ4v) is 1.45. The van der Waals surface area contributed by atoms with Gasteiger partial charge in [0.25, 0.3) is 0 Å². The van der Waals surface area contributed by atoms with Crippen molar-refractivity contribution in [3.05, 3.63) is 12.8 Å². The van der Waals surface area contributed by atoms with Gasteiger partial charge in [0, 0.05) is 6.04 Å². The van der Waals surface area contributed by atoms with E-state index in [0.717, 1.165) is 19.3 Å². The summed E-state index contributed by atoms with van der Waals surface area (Å²) < 4.78 is 12.7. The highest BCUT2D eigenvalue weighted by molar-refractivity contribution is 4.81. The molecule has 1 aliphatic carbocycles. The number of rotatable bonds is 2. The highest BCUT2D eigenvalue weighted by atomic mass is 19.1. The number of alkyl halides is 1. The molecular weight excluding hydrogens is 165 g/mol. The van der Waals surface area contributed by atoms with E-state index in [9.17, 15) is 4.39 Å². The zero-order valence-electron chi connectivity index (χ0n) is 8.85. The largest absolute Gasteiger partial charge is 0.389 e. The summed E-state index contributed by atoms with van der Waals surface area (Å²) in [6.45, 7) is 7.80. The molecule has 0 aromatic rings. The van der Waals surface area contributed by atoms with Crippen molar-refractivity contribution in [1.29, 1.82) is 0 Å². The van der Waals surface area contributed by atoms with Gasteiger partial charge < -0.3 is 5.32 Å². The minimum absolute atomic E-state index is 0.334. The lowest BCUT2D eigenvalue weighted by Crippen LogP contribution is -2.31. The second-order valence-corrected chi connectivity index (χ2v) is 3.54. The van der Waals surface area contributed by atoms with Crippen molar-refractivity contribution in [2.75, 3.05) is 0 Å². The predicted octanol–water partition coefficient (Wildman–Crippen LogP) is 3.42.